The fourth-order valence-corrected chi connectivity index (χ4v) is 6.07. The van der Waals surface area contributed by atoms with E-state index in [1.54, 1.807) is 10.6 Å². The number of aliphatic hydroxyl groups is 1. The molecule has 2 aromatic heterocycles. The van der Waals surface area contributed by atoms with Crippen LogP contribution in [0.25, 0.3) is 27.5 Å². The van der Waals surface area contributed by atoms with Crippen LogP contribution in [-0.2, 0) is 19.3 Å². The number of rotatable bonds is 11. The summed E-state index contributed by atoms with van der Waals surface area (Å²) >= 11 is 7.48. The third-order valence-corrected chi connectivity index (χ3v) is 8.46. The van der Waals surface area contributed by atoms with E-state index in [1.807, 2.05) is 49.6 Å². The van der Waals surface area contributed by atoms with Crippen molar-refractivity contribution in [2.45, 2.75) is 67.2 Å². The summed E-state index contributed by atoms with van der Waals surface area (Å²) in [5, 5.41) is 13.1. The lowest BCUT2D eigenvalue weighted by molar-refractivity contribution is 0.0857. The highest BCUT2D eigenvalue weighted by Gasteiger charge is 2.28. The van der Waals surface area contributed by atoms with Crippen molar-refractivity contribution in [2.75, 3.05) is 6.61 Å². The summed E-state index contributed by atoms with van der Waals surface area (Å²) in [6, 6.07) is 15.3. The van der Waals surface area contributed by atoms with E-state index in [1.165, 1.54) is 11.3 Å². The van der Waals surface area contributed by atoms with Crippen molar-refractivity contribution in [3.63, 3.8) is 0 Å². The third-order valence-electron chi connectivity index (χ3n) is 7.34. The van der Waals surface area contributed by atoms with Crippen LogP contribution in [0.5, 0.6) is 0 Å². The van der Waals surface area contributed by atoms with E-state index < -0.39 is 5.41 Å². The molecule has 4 aromatic rings. The lowest BCUT2D eigenvalue weighted by Crippen LogP contribution is -2.30. The first kappa shape index (κ1) is 30.9. The quantitative estimate of drug-likeness (QED) is 0.179. The van der Waals surface area contributed by atoms with Gasteiger partial charge in [0.1, 0.15) is 5.01 Å². The van der Waals surface area contributed by atoms with E-state index in [0.29, 0.717) is 27.6 Å². The highest BCUT2D eigenvalue weighted by Crippen LogP contribution is 2.33. The lowest BCUT2D eigenvalue weighted by Gasteiger charge is -2.25. The molecule has 0 aliphatic rings. The molecule has 1 N–H and O–H groups in total. The number of thiazole rings is 1. The zero-order valence-electron chi connectivity index (χ0n) is 24.8. The number of hydrogen-bond donors (Lipinski definition) is 1. The number of pyridine rings is 1. The van der Waals surface area contributed by atoms with Crippen LogP contribution >= 0.6 is 22.9 Å². The molecule has 2 heterocycles. The smallest absolute Gasteiger partial charge is 0.265 e. The number of Topliss-reactive ketones (excluding diaryl/α,β-unsaturated/α-hetero) is 1. The predicted molar refractivity (Wildman–Crippen MR) is 171 cm³/mol. The van der Waals surface area contributed by atoms with Crippen molar-refractivity contribution in [3.05, 3.63) is 91.7 Å². The molecule has 0 atom stereocenters. The second-order valence-electron chi connectivity index (χ2n) is 11.8. The van der Waals surface area contributed by atoms with Crippen molar-refractivity contribution in [1.29, 1.82) is 0 Å². The van der Waals surface area contributed by atoms with Crippen LogP contribution in [-0.4, -0.2) is 27.0 Å². The number of halogens is 1. The minimum Gasteiger partial charge on any atom is -0.396 e. The Kier molecular flexibility index (Phi) is 9.68. The number of aryl methyl sites for hydroxylation is 2. The number of ketones is 1. The molecule has 216 valence electrons. The Bertz CT molecular complexity index is 1580. The molecule has 0 spiro atoms. The SMILES string of the molecule is CCc1cccc(CC)c1-n1c(CC(C)C)c(C(=O)CC(C)(C)CO)cc(-c2nc(-c3ccc(Cl)cc3)cs2)c1=O. The maximum atomic E-state index is 14.6. The van der Waals surface area contributed by atoms with Crippen LogP contribution in [0.3, 0.4) is 0 Å². The van der Waals surface area contributed by atoms with E-state index >= 15 is 0 Å². The summed E-state index contributed by atoms with van der Waals surface area (Å²) in [5.41, 5.74) is 5.51. The van der Waals surface area contributed by atoms with Crippen molar-refractivity contribution in [1.82, 2.24) is 9.55 Å². The van der Waals surface area contributed by atoms with Gasteiger partial charge in [-0.2, -0.15) is 0 Å². The summed E-state index contributed by atoms with van der Waals surface area (Å²) < 4.78 is 1.80. The fraction of sp³-hybridized carbons (Fsp3) is 0.382. The predicted octanol–water partition coefficient (Wildman–Crippen LogP) is 8.20. The zero-order valence-corrected chi connectivity index (χ0v) is 26.3. The van der Waals surface area contributed by atoms with Crippen LogP contribution in [0.15, 0.2) is 58.7 Å². The second kappa shape index (κ2) is 12.8. The van der Waals surface area contributed by atoms with Gasteiger partial charge in [-0.3, -0.25) is 14.2 Å². The van der Waals surface area contributed by atoms with E-state index in [-0.39, 0.29) is 30.3 Å². The van der Waals surface area contributed by atoms with E-state index in [0.717, 1.165) is 46.6 Å². The van der Waals surface area contributed by atoms with Crippen LogP contribution in [0.4, 0.5) is 0 Å². The van der Waals surface area contributed by atoms with Gasteiger partial charge in [-0.25, -0.2) is 4.98 Å². The van der Waals surface area contributed by atoms with Gasteiger partial charge < -0.3 is 5.11 Å². The standard InChI is InChI=1S/C34H39ClN2O3S/c1-7-22-10-9-11-23(8-2)31(22)37-29(16-21(3)4)26(30(39)18-34(5,6)20-38)17-27(33(37)40)32-36-28(19-41-32)24-12-14-25(35)15-13-24/h9-15,17,19,21,38H,7-8,16,18,20H2,1-6H3. The summed E-state index contributed by atoms with van der Waals surface area (Å²) in [5.74, 6) is 0.121. The number of aliphatic hydroxyl groups excluding tert-OH is 1. The van der Waals surface area contributed by atoms with E-state index in [4.69, 9.17) is 16.6 Å². The highest BCUT2D eigenvalue weighted by atomic mass is 35.5. The highest BCUT2D eigenvalue weighted by molar-refractivity contribution is 7.13. The molecule has 2 aromatic carbocycles. The summed E-state index contributed by atoms with van der Waals surface area (Å²) in [4.78, 5) is 33.4. The maximum Gasteiger partial charge on any atom is 0.265 e. The normalized spacial score (nSPS) is 11.8. The lowest BCUT2D eigenvalue weighted by atomic mass is 9.85. The first-order valence-corrected chi connectivity index (χ1v) is 15.5. The molecule has 0 amide bonds. The Morgan fingerprint density at radius 1 is 1.07 bits per heavy atom. The van der Waals surface area contributed by atoms with Gasteiger partial charge in [0.25, 0.3) is 5.56 Å². The molecule has 0 saturated carbocycles. The average Bonchev–Trinajstić information content (AvgIpc) is 3.43. The second-order valence-corrected chi connectivity index (χ2v) is 13.1. The van der Waals surface area contributed by atoms with Crippen LogP contribution < -0.4 is 5.56 Å². The molecule has 0 unspecified atom stereocenters. The minimum absolute atomic E-state index is 0.0868. The number of hydrogen-bond acceptors (Lipinski definition) is 5. The molecule has 0 aliphatic carbocycles. The van der Waals surface area contributed by atoms with E-state index in [2.05, 4.69) is 39.8 Å². The number of carbonyl (C=O) groups excluding carboxylic acids is 1. The van der Waals surface area contributed by atoms with Crippen LogP contribution in [0.2, 0.25) is 5.02 Å². The average molecular weight is 591 g/mol. The molecule has 0 saturated heterocycles. The summed E-state index contributed by atoms with van der Waals surface area (Å²) in [6.45, 7) is 12.0. The van der Waals surface area contributed by atoms with Gasteiger partial charge in [-0.05, 0) is 59.9 Å². The Labute approximate surface area is 251 Å². The van der Waals surface area contributed by atoms with Crippen LogP contribution in [0, 0.1) is 11.3 Å². The first-order valence-electron chi connectivity index (χ1n) is 14.3. The largest absolute Gasteiger partial charge is 0.396 e. The van der Waals surface area contributed by atoms with Crippen molar-refractivity contribution in [2.24, 2.45) is 11.3 Å². The first-order chi connectivity index (χ1) is 19.5. The van der Waals surface area contributed by atoms with Gasteiger partial charge in [-0.1, -0.05) is 83.5 Å². The van der Waals surface area contributed by atoms with Gasteiger partial charge in [-0.15, -0.1) is 11.3 Å². The van der Waals surface area contributed by atoms with Gasteiger partial charge in [0.15, 0.2) is 5.78 Å². The van der Waals surface area contributed by atoms with Gasteiger partial charge in [0.2, 0.25) is 0 Å². The van der Waals surface area contributed by atoms with Crippen LogP contribution in [0.1, 0.15) is 75.1 Å². The van der Waals surface area contributed by atoms with Gasteiger partial charge in [0, 0.05) is 40.3 Å². The maximum absolute atomic E-state index is 14.6. The molecule has 0 fully saturated rings. The fourth-order valence-electron chi connectivity index (χ4n) is 5.11. The Morgan fingerprint density at radius 3 is 2.27 bits per heavy atom. The molecular formula is C34H39ClN2O3S. The molecule has 41 heavy (non-hydrogen) atoms. The van der Waals surface area contributed by atoms with Crippen molar-refractivity contribution < 1.29 is 9.90 Å². The summed E-state index contributed by atoms with van der Waals surface area (Å²) in [7, 11) is 0. The van der Waals surface area contributed by atoms with Crippen molar-refractivity contribution >= 4 is 28.7 Å². The topological polar surface area (TPSA) is 72.2 Å². The van der Waals surface area contributed by atoms with E-state index in [9.17, 15) is 14.7 Å². The molecule has 7 heteroatoms. The Balaban J connectivity index is 2.06. The van der Waals surface area contributed by atoms with Gasteiger partial charge >= 0.3 is 0 Å². The minimum atomic E-state index is -0.591. The number of benzene rings is 2. The number of aromatic nitrogens is 2. The van der Waals surface area contributed by atoms with Crippen molar-refractivity contribution in [3.8, 4) is 27.5 Å². The Hall–Kier alpha value is -3.06. The number of nitrogens with zero attached hydrogens (tertiary/aromatic N) is 2. The monoisotopic (exact) mass is 590 g/mol. The molecule has 0 aliphatic heterocycles. The molecule has 4 rings (SSSR count). The number of para-hydroxylation sites is 1. The molecule has 5 nitrogen and oxygen atoms in total. The molecular weight excluding hydrogens is 552 g/mol. The zero-order chi connectivity index (χ0) is 29.9. The number of carbonyl (C=O) groups is 1. The van der Waals surface area contributed by atoms with Gasteiger partial charge in [0.05, 0.1) is 16.9 Å². The molecule has 0 bridgehead atoms. The Morgan fingerprint density at radius 2 is 1.71 bits per heavy atom. The molecule has 0 radical (unpaired) electrons. The summed E-state index contributed by atoms with van der Waals surface area (Å²) in [6.07, 6.45) is 2.22. The third kappa shape index (κ3) is 6.72.